The van der Waals surface area contributed by atoms with Crippen LogP contribution in [0, 0.1) is 0 Å². The second kappa shape index (κ2) is 6.31. The van der Waals surface area contributed by atoms with Gasteiger partial charge >= 0.3 is 0 Å². The molecule has 0 aliphatic heterocycles. The molecule has 80 valence electrons. The molecule has 0 aliphatic carbocycles. The molecule has 0 saturated carbocycles. The number of hydrogen-bond donors (Lipinski definition) is 3. The second-order valence-electron chi connectivity index (χ2n) is 3.09. The number of primary sulfonamides is 1. The van der Waals surface area contributed by atoms with Gasteiger partial charge in [0.05, 0.1) is 5.75 Å². The number of sulfonamides is 1. The van der Waals surface area contributed by atoms with Crippen molar-refractivity contribution >= 4 is 10.0 Å². The Morgan fingerprint density at radius 3 is 2.62 bits per heavy atom. The van der Waals surface area contributed by atoms with Crippen molar-refractivity contribution in [2.45, 2.75) is 25.8 Å². The Kier molecular flexibility index (Phi) is 6.23. The number of nitrogens with one attached hydrogen (secondary N) is 1. The maximum absolute atomic E-state index is 10.5. The summed E-state index contributed by atoms with van der Waals surface area (Å²) in [6.07, 6.45) is 1.56. The van der Waals surface area contributed by atoms with Gasteiger partial charge in [-0.3, -0.25) is 0 Å². The lowest BCUT2D eigenvalue weighted by Crippen LogP contribution is -2.33. The summed E-state index contributed by atoms with van der Waals surface area (Å²) in [4.78, 5) is 0. The van der Waals surface area contributed by atoms with E-state index in [1.54, 1.807) is 0 Å². The molecule has 0 aromatic carbocycles. The van der Waals surface area contributed by atoms with E-state index in [4.69, 9.17) is 10.2 Å². The van der Waals surface area contributed by atoms with Crippen molar-refractivity contribution in [3.05, 3.63) is 0 Å². The third-order valence-corrected chi connectivity index (χ3v) is 2.45. The predicted molar refractivity (Wildman–Crippen MR) is 51.8 cm³/mol. The maximum Gasteiger partial charge on any atom is 0.210 e. The SMILES string of the molecule is CC(CCCO)NCCS(N)(=O)=O. The van der Waals surface area contributed by atoms with Gasteiger partial charge in [0.25, 0.3) is 0 Å². The minimum Gasteiger partial charge on any atom is -0.396 e. The molecule has 0 aliphatic rings. The van der Waals surface area contributed by atoms with Crippen LogP contribution in [0.3, 0.4) is 0 Å². The quantitative estimate of drug-likeness (QED) is 0.504. The lowest BCUT2D eigenvalue weighted by Gasteiger charge is -2.11. The molecule has 0 heterocycles. The molecule has 0 radical (unpaired) electrons. The van der Waals surface area contributed by atoms with Gasteiger partial charge in [0.15, 0.2) is 0 Å². The molecule has 0 aromatic heterocycles. The predicted octanol–water partition coefficient (Wildman–Crippen LogP) is -0.974. The largest absolute Gasteiger partial charge is 0.396 e. The Balaban J connectivity index is 3.42. The summed E-state index contributed by atoms with van der Waals surface area (Å²) in [5, 5.41) is 16.3. The maximum atomic E-state index is 10.5. The highest BCUT2D eigenvalue weighted by Gasteiger charge is 2.04. The number of hydrogen-bond acceptors (Lipinski definition) is 4. The van der Waals surface area contributed by atoms with E-state index in [-0.39, 0.29) is 18.4 Å². The molecule has 0 aromatic rings. The van der Waals surface area contributed by atoms with Gasteiger partial charge in [-0.1, -0.05) is 0 Å². The first-order valence-corrected chi connectivity index (χ1v) is 6.02. The fraction of sp³-hybridized carbons (Fsp3) is 1.00. The summed E-state index contributed by atoms with van der Waals surface area (Å²) in [6, 6.07) is 0.217. The highest BCUT2D eigenvalue weighted by molar-refractivity contribution is 7.89. The van der Waals surface area contributed by atoms with Crippen molar-refractivity contribution in [1.82, 2.24) is 5.32 Å². The summed E-state index contributed by atoms with van der Waals surface area (Å²) < 4.78 is 21.0. The van der Waals surface area contributed by atoms with Crippen LogP contribution in [0.4, 0.5) is 0 Å². The standard InChI is InChI=1S/C7H18N2O3S/c1-7(3-2-5-10)9-4-6-13(8,11)12/h7,9-10H,2-6H2,1H3,(H2,8,11,12). The van der Waals surface area contributed by atoms with E-state index in [1.807, 2.05) is 6.92 Å². The van der Waals surface area contributed by atoms with E-state index in [0.717, 1.165) is 12.8 Å². The third-order valence-electron chi connectivity index (χ3n) is 1.67. The minimum absolute atomic E-state index is 0.0452. The van der Waals surface area contributed by atoms with E-state index in [1.165, 1.54) is 0 Å². The smallest absolute Gasteiger partial charge is 0.210 e. The van der Waals surface area contributed by atoms with Crippen molar-refractivity contribution in [3.63, 3.8) is 0 Å². The van der Waals surface area contributed by atoms with Crippen LogP contribution < -0.4 is 10.5 Å². The van der Waals surface area contributed by atoms with Gasteiger partial charge in [0.2, 0.25) is 10.0 Å². The zero-order valence-electron chi connectivity index (χ0n) is 7.86. The van der Waals surface area contributed by atoms with Crippen LogP contribution in [-0.4, -0.2) is 38.5 Å². The van der Waals surface area contributed by atoms with Gasteiger partial charge in [-0.15, -0.1) is 0 Å². The summed E-state index contributed by atoms with van der Waals surface area (Å²) in [5.41, 5.74) is 0. The average molecular weight is 210 g/mol. The first kappa shape index (κ1) is 12.8. The lowest BCUT2D eigenvalue weighted by molar-refractivity contribution is 0.277. The van der Waals surface area contributed by atoms with E-state index < -0.39 is 10.0 Å². The zero-order chi connectivity index (χ0) is 10.3. The monoisotopic (exact) mass is 210 g/mol. The molecule has 6 heteroatoms. The van der Waals surface area contributed by atoms with Gasteiger partial charge in [-0.25, -0.2) is 13.6 Å². The van der Waals surface area contributed by atoms with Gasteiger partial charge in [-0.2, -0.15) is 0 Å². The van der Waals surface area contributed by atoms with Crippen LogP contribution in [0.15, 0.2) is 0 Å². The Labute approximate surface area is 79.4 Å². The van der Waals surface area contributed by atoms with E-state index >= 15 is 0 Å². The Hall–Kier alpha value is -0.170. The second-order valence-corrected chi connectivity index (χ2v) is 4.82. The summed E-state index contributed by atoms with van der Waals surface area (Å²) >= 11 is 0. The van der Waals surface area contributed by atoms with Crippen molar-refractivity contribution in [1.29, 1.82) is 0 Å². The van der Waals surface area contributed by atoms with Crippen LogP contribution >= 0.6 is 0 Å². The van der Waals surface area contributed by atoms with Crippen molar-refractivity contribution < 1.29 is 13.5 Å². The first-order chi connectivity index (χ1) is 5.95. The number of aliphatic hydroxyl groups excluding tert-OH is 1. The van der Waals surface area contributed by atoms with Gasteiger partial charge in [0, 0.05) is 19.2 Å². The molecule has 1 atom stereocenters. The summed E-state index contributed by atoms with van der Waals surface area (Å²) in [5.74, 6) is -0.0452. The van der Waals surface area contributed by atoms with Gasteiger partial charge in [0.1, 0.15) is 0 Å². The van der Waals surface area contributed by atoms with Crippen molar-refractivity contribution in [2.75, 3.05) is 18.9 Å². The van der Waals surface area contributed by atoms with Crippen LogP contribution in [0.5, 0.6) is 0 Å². The zero-order valence-corrected chi connectivity index (χ0v) is 8.68. The number of aliphatic hydroxyl groups is 1. The molecule has 0 amide bonds. The molecule has 13 heavy (non-hydrogen) atoms. The highest BCUT2D eigenvalue weighted by atomic mass is 32.2. The van der Waals surface area contributed by atoms with E-state index in [2.05, 4.69) is 5.32 Å². The van der Waals surface area contributed by atoms with Crippen LogP contribution in [0.25, 0.3) is 0 Å². The van der Waals surface area contributed by atoms with Crippen molar-refractivity contribution in [2.24, 2.45) is 5.14 Å². The Morgan fingerprint density at radius 1 is 1.54 bits per heavy atom. The van der Waals surface area contributed by atoms with E-state index in [0.29, 0.717) is 6.54 Å². The Morgan fingerprint density at radius 2 is 2.15 bits per heavy atom. The fourth-order valence-electron chi connectivity index (χ4n) is 0.947. The van der Waals surface area contributed by atoms with Crippen LogP contribution in [0.1, 0.15) is 19.8 Å². The number of rotatable bonds is 7. The fourth-order valence-corrected chi connectivity index (χ4v) is 1.35. The molecule has 0 rings (SSSR count). The molecule has 0 spiro atoms. The summed E-state index contributed by atoms with van der Waals surface area (Å²) in [7, 11) is -3.35. The van der Waals surface area contributed by atoms with Gasteiger partial charge in [-0.05, 0) is 19.8 Å². The molecule has 1 unspecified atom stereocenters. The molecule has 4 N–H and O–H groups in total. The highest BCUT2D eigenvalue weighted by Crippen LogP contribution is 1.94. The first-order valence-electron chi connectivity index (χ1n) is 4.30. The average Bonchev–Trinajstić information content (AvgIpc) is 1.98. The van der Waals surface area contributed by atoms with Crippen molar-refractivity contribution in [3.8, 4) is 0 Å². The number of nitrogens with two attached hydrogens (primary N) is 1. The third kappa shape index (κ3) is 9.75. The lowest BCUT2D eigenvalue weighted by atomic mass is 10.2. The topological polar surface area (TPSA) is 92.4 Å². The van der Waals surface area contributed by atoms with E-state index in [9.17, 15) is 8.42 Å². The molecule has 0 saturated heterocycles. The molecule has 0 bridgehead atoms. The molecule has 0 fully saturated rings. The molecular weight excluding hydrogens is 192 g/mol. The minimum atomic E-state index is -3.35. The Bertz CT molecular complexity index is 216. The molecular formula is C7H18N2O3S. The summed E-state index contributed by atoms with van der Waals surface area (Å²) in [6.45, 7) is 2.48. The normalized spacial score (nSPS) is 14.4. The van der Waals surface area contributed by atoms with Gasteiger partial charge < -0.3 is 10.4 Å². The van der Waals surface area contributed by atoms with Crippen LogP contribution in [0.2, 0.25) is 0 Å². The molecule has 5 nitrogen and oxygen atoms in total. The van der Waals surface area contributed by atoms with Crippen LogP contribution in [-0.2, 0) is 10.0 Å².